The zero-order valence-electron chi connectivity index (χ0n) is 13.4. The second kappa shape index (κ2) is 7.74. The molecule has 0 bridgehead atoms. The van der Waals surface area contributed by atoms with Gasteiger partial charge in [0.1, 0.15) is 0 Å². The Kier molecular flexibility index (Phi) is 6.30. The lowest BCUT2D eigenvalue weighted by Crippen LogP contribution is -2.42. The second-order valence-electron chi connectivity index (χ2n) is 5.64. The van der Waals surface area contributed by atoms with Crippen molar-refractivity contribution in [3.05, 3.63) is 33.9 Å². The number of phenols is 1. The van der Waals surface area contributed by atoms with E-state index in [0.29, 0.717) is 25.2 Å². The van der Waals surface area contributed by atoms with E-state index in [1.165, 1.54) is 6.07 Å². The third-order valence-corrected chi connectivity index (χ3v) is 3.42. The summed E-state index contributed by atoms with van der Waals surface area (Å²) in [6.45, 7) is 9.55. The van der Waals surface area contributed by atoms with Gasteiger partial charge in [-0.1, -0.05) is 0 Å². The predicted molar refractivity (Wildman–Crippen MR) is 84.1 cm³/mol. The van der Waals surface area contributed by atoms with Crippen LogP contribution in [0.2, 0.25) is 0 Å². The predicted octanol–water partition coefficient (Wildman–Crippen LogP) is 2.15. The van der Waals surface area contributed by atoms with E-state index >= 15 is 0 Å². The van der Waals surface area contributed by atoms with Crippen molar-refractivity contribution in [2.24, 2.45) is 0 Å². The monoisotopic (exact) mass is 309 g/mol. The summed E-state index contributed by atoms with van der Waals surface area (Å²) >= 11 is 0. The molecule has 0 aliphatic heterocycles. The Morgan fingerprint density at radius 2 is 1.91 bits per heavy atom. The van der Waals surface area contributed by atoms with E-state index in [-0.39, 0.29) is 11.5 Å². The number of rotatable bonds is 7. The van der Waals surface area contributed by atoms with Crippen LogP contribution >= 0.6 is 0 Å². The summed E-state index contributed by atoms with van der Waals surface area (Å²) in [6.07, 6.45) is 0. The minimum Gasteiger partial charge on any atom is -0.502 e. The van der Waals surface area contributed by atoms with Crippen LogP contribution in [-0.4, -0.2) is 46.0 Å². The van der Waals surface area contributed by atoms with Crippen molar-refractivity contribution in [2.75, 3.05) is 13.1 Å². The Hall–Kier alpha value is -2.15. The number of phenolic OH excluding ortho intramolecular Hbond substituents is 1. The lowest BCUT2D eigenvalue weighted by Gasteiger charge is -2.30. The standard InChI is InChI=1S/C15H23N3O4/c1-10(2)17(11(3)4)8-7-16-15(20)12-5-6-13(18(21)22)14(19)9-12/h5-6,9-11,19H,7-8H2,1-4H3,(H,16,20). The maximum absolute atomic E-state index is 12.0. The van der Waals surface area contributed by atoms with Crippen molar-refractivity contribution in [2.45, 2.75) is 39.8 Å². The summed E-state index contributed by atoms with van der Waals surface area (Å²) < 4.78 is 0. The number of hydrogen-bond acceptors (Lipinski definition) is 5. The fourth-order valence-electron chi connectivity index (χ4n) is 2.33. The van der Waals surface area contributed by atoms with Crippen LogP contribution in [0.15, 0.2) is 18.2 Å². The zero-order chi connectivity index (χ0) is 16.9. The van der Waals surface area contributed by atoms with Crippen LogP contribution < -0.4 is 5.32 Å². The number of amides is 1. The minimum atomic E-state index is -0.694. The van der Waals surface area contributed by atoms with Crippen LogP contribution in [0.5, 0.6) is 5.75 Å². The van der Waals surface area contributed by atoms with Gasteiger partial charge in [-0.15, -0.1) is 0 Å². The number of carbonyl (C=O) groups is 1. The first-order valence-corrected chi connectivity index (χ1v) is 7.25. The van der Waals surface area contributed by atoms with Gasteiger partial charge in [-0.2, -0.15) is 0 Å². The van der Waals surface area contributed by atoms with Gasteiger partial charge in [0.2, 0.25) is 0 Å². The van der Waals surface area contributed by atoms with Gasteiger partial charge in [0.25, 0.3) is 5.91 Å². The fourth-order valence-corrected chi connectivity index (χ4v) is 2.33. The van der Waals surface area contributed by atoms with E-state index in [0.717, 1.165) is 12.1 Å². The molecule has 0 aliphatic rings. The van der Waals surface area contributed by atoms with E-state index in [2.05, 4.69) is 37.9 Å². The number of nitrogens with zero attached hydrogens (tertiary/aromatic N) is 2. The summed E-state index contributed by atoms with van der Waals surface area (Å²) in [7, 11) is 0. The van der Waals surface area contributed by atoms with E-state index in [4.69, 9.17) is 0 Å². The highest BCUT2D eigenvalue weighted by molar-refractivity contribution is 5.95. The Morgan fingerprint density at radius 1 is 1.32 bits per heavy atom. The van der Waals surface area contributed by atoms with Crippen molar-refractivity contribution < 1.29 is 14.8 Å². The van der Waals surface area contributed by atoms with Crippen molar-refractivity contribution in [1.29, 1.82) is 0 Å². The molecule has 0 aliphatic carbocycles. The number of nitrogens with one attached hydrogen (secondary N) is 1. The third kappa shape index (κ3) is 4.70. The molecule has 0 spiro atoms. The van der Waals surface area contributed by atoms with Crippen LogP contribution in [0.3, 0.4) is 0 Å². The van der Waals surface area contributed by atoms with Crippen molar-refractivity contribution in [1.82, 2.24) is 10.2 Å². The van der Waals surface area contributed by atoms with Gasteiger partial charge in [0, 0.05) is 36.8 Å². The van der Waals surface area contributed by atoms with E-state index < -0.39 is 16.4 Å². The Balaban J connectivity index is 2.63. The summed E-state index contributed by atoms with van der Waals surface area (Å²) in [4.78, 5) is 24.2. The molecule has 7 nitrogen and oxygen atoms in total. The Bertz CT molecular complexity index is 536. The first-order chi connectivity index (χ1) is 10.2. The normalized spacial score (nSPS) is 11.2. The number of nitro groups is 1. The average Bonchev–Trinajstić information content (AvgIpc) is 2.41. The van der Waals surface area contributed by atoms with E-state index in [1.54, 1.807) is 0 Å². The molecule has 1 aromatic carbocycles. The molecule has 122 valence electrons. The highest BCUT2D eigenvalue weighted by Gasteiger charge is 2.17. The lowest BCUT2D eigenvalue weighted by molar-refractivity contribution is -0.385. The third-order valence-electron chi connectivity index (χ3n) is 3.42. The molecule has 0 heterocycles. The quantitative estimate of drug-likeness (QED) is 0.594. The molecule has 0 atom stereocenters. The summed E-state index contributed by atoms with van der Waals surface area (Å²) in [6, 6.07) is 4.31. The van der Waals surface area contributed by atoms with Gasteiger partial charge in [-0.25, -0.2) is 0 Å². The molecule has 0 saturated heterocycles. The van der Waals surface area contributed by atoms with Gasteiger partial charge in [0.15, 0.2) is 5.75 Å². The number of carbonyl (C=O) groups excluding carboxylic acids is 1. The van der Waals surface area contributed by atoms with Crippen LogP contribution in [0.25, 0.3) is 0 Å². The van der Waals surface area contributed by atoms with Gasteiger partial charge >= 0.3 is 5.69 Å². The van der Waals surface area contributed by atoms with Gasteiger partial charge in [0.05, 0.1) is 4.92 Å². The number of aromatic hydroxyl groups is 1. The van der Waals surface area contributed by atoms with Crippen LogP contribution in [-0.2, 0) is 0 Å². The molecule has 0 fully saturated rings. The van der Waals surface area contributed by atoms with Crippen molar-refractivity contribution in [3.63, 3.8) is 0 Å². The molecule has 1 aromatic rings. The topological polar surface area (TPSA) is 95.7 Å². The highest BCUT2D eigenvalue weighted by Crippen LogP contribution is 2.26. The van der Waals surface area contributed by atoms with E-state index in [1.807, 2.05) is 0 Å². The van der Waals surface area contributed by atoms with Crippen molar-refractivity contribution in [3.8, 4) is 5.75 Å². The molecule has 22 heavy (non-hydrogen) atoms. The van der Waals surface area contributed by atoms with Gasteiger partial charge in [-0.3, -0.25) is 19.8 Å². The number of hydrogen-bond donors (Lipinski definition) is 2. The maximum Gasteiger partial charge on any atom is 0.310 e. The number of benzene rings is 1. The van der Waals surface area contributed by atoms with Crippen molar-refractivity contribution >= 4 is 11.6 Å². The molecular weight excluding hydrogens is 286 g/mol. The van der Waals surface area contributed by atoms with E-state index in [9.17, 15) is 20.0 Å². The molecule has 7 heteroatoms. The molecular formula is C15H23N3O4. The SMILES string of the molecule is CC(C)N(CCNC(=O)c1ccc([N+](=O)[O-])c(O)c1)C(C)C. The summed E-state index contributed by atoms with van der Waals surface area (Å²) in [5.74, 6) is -0.874. The molecule has 0 radical (unpaired) electrons. The molecule has 0 saturated carbocycles. The fraction of sp³-hybridized carbons (Fsp3) is 0.533. The highest BCUT2D eigenvalue weighted by atomic mass is 16.6. The summed E-state index contributed by atoms with van der Waals surface area (Å²) in [5, 5.41) is 22.9. The Labute approximate surface area is 130 Å². The van der Waals surface area contributed by atoms with Crippen LogP contribution in [0.4, 0.5) is 5.69 Å². The van der Waals surface area contributed by atoms with Gasteiger partial charge in [-0.05, 0) is 39.8 Å². The van der Waals surface area contributed by atoms with Gasteiger partial charge < -0.3 is 10.4 Å². The van der Waals surface area contributed by atoms with Crippen LogP contribution in [0.1, 0.15) is 38.1 Å². The number of nitro benzene ring substituents is 1. The largest absolute Gasteiger partial charge is 0.502 e. The maximum atomic E-state index is 12.0. The molecule has 1 rings (SSSR count). The Morgan fingerprint density at radius 3 is 2.36 bits per heavy atom. The first-order valence-electron chi connectivity index (χ1n) is 7.25. The molecule has 0 unspecified atom stereocenters. The second-order valence-corrected chi connectivity index (χ2v) is 5.64. The smallest absolute Gasteiger partial charge is 0.310 e. The molecule has 0 aromatic heterocycles. The first kappa shape index (κ1) is 17.9. The zero-order valence-corrected chi connectivity index (χ0v) is 13.4. The molecule has 2 N–H and O–H groups in total. The minimum absolute atomic E-state index is 0.198. The molecule has 1 amide bonds. The lowest BCUT2D eigenvalue weighted by atomic mass is 10.1. The average molecular weight is 309 g/mol. The van der Waals surface area contributed by atoms with Crippen LogP contribution in [0, 0.1) is 10.1 Å². The summed E-state index contributed by atoms with van der Waals surface area (Å²) in [5.41, 5.74) is -0.217.